The molecule has 9 nitrogen and oxygen atoms in total. The molecule has 2 heterocycles. The van der Waals surface area contributed by atoms with E-state index < -0.39 is 27.8 Å². The summed E-state index contributed by atoms with van der Waals surface area (Å²) in [5.74, 6) is -0.963. The first-order valence-corrected chi connectivity index (χ1v) is 9.39. The second-order valence-electron chi connectivity index (χ2n) is 8.66. The molecule has 0 saturated carbocycles. The molecule has 2 amide bonds. The minimum atomic E-state index is -0.633. The van der Waals surface area contributed by atoms with Crippen LogP contribution in [0.15, 0.2) is 29.8 Å². The largest absolute Gasteiger partial charge is 0.301 e. The van der Waals surface area contributed by atoms with Gasteiger partial charge in [-0.3, -0.25) is 24.6 Å². The van der Waals surface area contributed by atoms with E-state index in [1.54, 1.807) is 0 Å². The molecule has 1 aromatic carbocycles. The maximum Gasteiger partial charge on any atom is 0.270 e. The van der Waals surface area contributed by atoms with Gasteiger partial charge in [0.1, 0.15) is 0 Å². The van der Waals surface area contributed by atoms with Crippen molar-refractivity contribution in [3.05, 3.63) is 51.1 Å². The van der Waals surface area contributed by atoms with Gasteiger partial charge in [0.2, 0.25) is 0 Å². The van der Waals surface area contributed by atoms with Gasteiger partial charge in [0.05, 0.1) is 27.1 Å². The third-order valence-corrected chi connectivity index (χ3v) is 5.66. The van der Waals surface area contributed by atoms with Crippen LogP contribution in [0.5, 0.6) is 0 Å². The van der Waals surface area contributed by atoms with Crippen LogP contribution in [0, 0.1) is 10.1 Å². The van der Waals surface area contributed by atoms with Crippen LogP contribution < -0.4 is 0 Å². The number of fused-ring (bicyclic) bond motifs is 1. The summed E-state index contributed by atoms with van der Waals surface area (Å²) in [4.78, 5) is 38.5. The van der Waals surface area contributed by atoms with E-state index in [4.69, 9.17) is 0 Å². The first-order chi connectivity index (χ1) is 13.4. The van der Waals surface area contributed by atoms with Gasteiger partial charge in [0, 0.05) is 31.8 Å². The van der Waals surface area contributed by atoms with Gasteiger partial charge in [-0.25, -0.2) is 0 Å². The van der Waals surface area contributed by atoms with Crippen LogP contribution >= 0.6 is 0 Å². The van der Waals surface area contributed by atoms with Crippen LogP contribution in [0.4, 0.5) is 5.69 Å². The van der Waals surface area contributed by atoms with E-state index in [2.05, 4.69) is 0 Å². The number of carbonyl (C=O) groups is 2. The number of hydrogen-bond acceptors (Lipinski definition) is 6. The molecular formula is C20H25N4O5. The van der Waals surface area contributed by atoms with Gasteiger partial charge < -0.3 is 4.90 Å². The van der Waals surface area contributed by atoms with Crippen molar-refractivity contribution in [2.24, 2.45) is 0 Å². The first kappa shape index (κ1) is 21.1. The summed E-state index contributed by atoms with van der Waals surface area (Å²) in [6.45, 7) is 8.61. The number of amides is 2. The first-order valence-electron chi connectivity index (χ1n) is 9.39. The van der Waals surface area contributed by atoms with Crippen LogP contribution in [-0.4, -0.2) is 69.4 Å². The lowest BCUT2D eigenvalue weighted by Crippen LogP contribution is -2.48. The van der Waals surface area contributed by atoms with Gasteiger partial charge in [-0.2, -0.15) is 0 Å². The number of carbonyl (C=O) groups excluding carboxylic acids is 2. The fourth-order valence-electron chi connectivity index (χ4n) is 3.99. The number of hydrogen-bond donors (Lipinski definition) is 0. The molecule has 2 aliphatic heterocycles. The van der Waals surface area contributed by atoms with E-state index in [1.807, 2.05) is 45.7 Å². The topological polar surface area (TPSA) is 107 Å². The second kappa shape index (κ2) is 7.01. The van der Waals surface area contributed by atoms with Crippen LogP contribution in [-0.2, 0) is 5.21 Å². The predicted octanol–water partition coefficient (Wildman–Crippen LogP) is 2.27. The Bertz CT molecular complexity index is 921. The van der Waals surface area contributed by atoms with Crippen molar-refractivity contribution in [3.8, 4) is 0 Å². The Morgan fingerprint density at radius 1 is 1.10 bits per heavy atom. The van der Waals surface area contributed by atoms with E-state index >= 15 is 0 Å². The molecule has 2 aliphatic rings. The van der Waals surface area contributed by atoms with E-state index in [9.17, 15) is 24.9 Å². The Labute approximate surface area is 169 Å². The lowest BCUT2D eigenvalue weighted by atomic mass is 9.96. The molecule has 9 heteroatoms. The van der Waals surface area contributed by atoms with Crippen LogP contribution in [0.2, 0.25) is 0 Å². The molecule has 0 fully saturated rings. The third kappa shape index (κ3) is 3.57. The number of likely N-dealkylation sites (N-methyl/N-ethyl adjacent to an activating group) is 1. The molecule has 0 bridgehead atoms. The number of imide groups is 1. The Kier molecular flexibility index (Phi) is 5.10. The van der Waals surface area contributed by atoms with Crippen LogP contribution in [0.3, 0.4) is 0 Å². The van der Waals surface area contributed by atoms with E-state index in [-0.39, 0.29) is 23.4 Å². The van der Waals surface area contributed by atoms with Crippen LogP contribution in [0.25, 0.3) is 0 Å². The molecule has 1 aromatic rings. The second-order valence-corrected chi connectivity index (χ2v) is 8.66. The Balaban J connectivity index is 1.67. The van der Waals surface area contributed by atoms with Gasteiger partial charge in [-0.1, -0.05) is 6.08 Å². The van der Waals surface area contributed by atoms with Crippen molar-refractivity contribution in [1.82, 2.24) is 14.9 Å². The zero-order chi connectivity index (χ0) is 21.7. The molecule has 29 heavy (non-hydrogen) atoms. The van der Waals surface area contributed by atoms with Gasteiger partial charge in [-0.05, 0) is 46.4 Å². The average molecular weight is 401 g/mol. The maximum absolute atomic E-state index is 12.6. The smallest absolute Gasteiger partial charge is 0.270 e. The molecule has 0 aliphatic carbocycles. The molecule has 0 N–H and O–H groups in total. The number of non-ortho nitro benzene ring substituents is 1. The van der Waals surface area contributed by atoms with Crippen molar-refractivity contribution >= 4 is 17.5 Å². The van der Waals surface area contributed by atoms with Crippen molar-refractivity contribution < 1.29 is 19.7 Å². The van der Waals surface area contributed by atoms with Crippen molar-refractivity contribution in [3.63, 3.8) is 0 Å². The van der Waals surface area contributed by atoms with E-state index in [1.165, 1.54) is 12.1 Å². The highest BCUT2D eigenvalue weighted by Crippen LogP contribution is 2.38. The molecular weight excluding hydrogens is 376 g/mol. The molecule has 0 saturated heterocycles. The molecule has 0 unspecified atom stereocenters. The maximum atomic E-state index is 12.6. The Morgan fingerprint density at radius 2 is 1.72 bits per heavy atom. The molecule has 3 rings (SSSR count). The number of nitro groups is 1. The minimum Gasteiger partial charge on any atom is -0.301 e. The summed E-state index contributed by atoms with van der Waals surface area (Å²) < 4.78 is 0. The number of rotatable bonds is 6. The van der Waals surface area contributed by atoms with Crippen molar-refractivity contribution in [2.75, 3.05) is 26.7 Å². The Morgan fingerprint density at radius 3 is 2.28 bits per heavy atom. The SMILES string of the molecule is CN(CCN1C(=O)c2ccc([N+](=O)[O-])cc2C1=O)CC1=CC(C)(C)N([O])C1(C)C. The summed E-state index contributed by atoms with van der Waals surface area (Å²) in [6, 6.07) is 3.70. The molecule has 155 valence electrons. The fourth-order valence-corrected chi connectivity index (χ4v) is 3.99. The summed E-state index contributed by atoms with van der Waals surface area (Å²) in [5, 5.41) is 24.5. The summed E-state index contributed by atoms with van der Waals surface area (Å²) in [5.41, 5.74) is -0.202. The molecule has 0 aromatic heterocycles. The zero-order valence-electron chi connectivity index (χ0n) is 17.3. The molecule has 0 atom stereocenters. The highest BCUT2D eigenvalue weighted by molar-refractivity contribution is 6.21. The Hall–Kier alpha value is -2.62. The number of benzene rings is 1. The lowest BCUT2D eigenvalue weighted by molar-refractivity contribution is -0.384. The normalized spacial score (nSPS) is 20.4. The lowest BCUT2D eigenvalue weighted by Gasteiger charge is -2.35. The summed E-state index contributed by atoms with van der Waals surface area (Å²) in [6.07, 6.45) is 1.97. The quantitative estimate of drug-likeness (QED) is 0.313. The number of nitro benzene ring substituents is 1. The monoisotopic (exact) mass is 401 g/mol. The minimum absolute atomic E-state index is 0.0650. The third-order valence-electron chi connectivity index (χ3n) is 5.66. The average Bonchev–Trinajstić information content (AvgIpc) is 2.96. The van der Waals surface area contributed by atoms with E-state index in [0.29, 0.717) is 13.1 Å². The standard InChI is InChI=1S/C20H25N4O5/c1-19(2)11-13(20(3,4)24(19)29)12-21(5)8-9-22-17(25)15-7-6-14(23(27)28)10-16(15)18(22)26/h6-7,10-11H,8-9,12H2,1-5H3. The number of hydroxylamine groups is 2. The van der Waals surface area contributed by atoms with Crippen LogP contribution in [0.1, 0.15) is 48.4 Å². The number of nitrogens with zero attached hydrogens (tertiary/aromatic N) is 4. The highest BCUT2D eigenvalue weighted by atomic mass is 16.6. The zero-order valence-corrected chi connectivity index (χ0v) is 17.3. The molecule has 0 spiro atoms. The van der Waals surface area contributed by atoms with Gasteiger partial charge >= 0.3 is 0 Å². The molecule has 1 radical (unpaired) electrons. The van der Waals surface area contributed by atoms with Gasteiger partial charge in [0.15, 0.2) is 0 Å². The fraction of sp³-hybridized carbons (Fsp3) is 0.500. The van der Waals surface area contributed by atoms with Gasteiger partial charge in [0.25, 0.3) is 17.5 Å². The summed E-state index contributed by atoms with van der Waals surface area (Å²) >= 11 is 0. The van der Waals surface area contributed by atoms with Crippen molar-refractivity contribution in [2.45, 2.75) is 38.8 Å². The van der Waals surface area contributed by atoms with Crippen molar-refractivity contribution in [1.29, 1.82) is 0 Å². The highest BCUT2D eigenvalue weighted by Gasteiger charge is 2.46. The van der Waals surface area contributed by atoms with E-state index in [0.717, 1.165) is 21.6 Å². The summed E-state index contributed by atoms with van der Waals surface area (Å²) in [7, 11) is 1.86. The predicted molar refractivity (Wildman–Crippen MR) is 105 cm³/mol. The van der Waals surface area contributed by atoms with Gasteiger partial charge in [-0.15, -0.1) is 10.3 Å².